The Balaban J connectivity index is 1.89. The van der Waals surface area contributed by atoms with E-state index in [9.17, 15) is 9.59 Å². The highest BCUT2D eigenvalue weighted by atomic mass is 16.1. The molecule has 3 nitrogen and oxygen atoms in total. The molecule has 0 heterocycles. The van der Waals surface area contributed by atoms with Crippen LogP contribution in [-0.2, 0) is 10.2 Å². The lowest BCUT2D eigenvalue weighted by atomic mass is 9.50. The summed E-state index contributed by atoms with van der Waals surface area (Å²) in [5.74, 6) is 0.146. The van der Waals surface area contributed by atoms with Gasteiger partial charge in [0.05, 0.1) is 5.41 Å². The first kappa shape index (κ1) is 22.5. The van der Waals surface area contributed by atoms with E-state index in [1.54, 1.807) is 0 Å². The summed E-state index contributed by atoms with van der Waals surface area (Å²) in [6.45, 7) is 6.50. The Hall–Kier alpha value is -3.30. The summed E-state index contributed by atoms with van der Waals surface area (Å²) in [6, 6.07) is 29.3. The molecule has 0 aromatic heterocycles. The van der Waals surface area contributed by atoms with Crippen molar-refractivity contribution in [2.24, 2.45) is 22.0 Å². The Morgan fingerprint density at radius 2 is 1.38 bits per heavy atom. The highest BCUT2D eigenvalue weighted by Gasteiger charge is 2.82. The molecule has 0 saturated heterocycles. The molecule has 0 radical (unpaired) electrons. The summed E-state index contributed by atoms with van der Waals surface area (Å²) >= 11 is 0. The number of hydrogen-bond donors (Lipinski definition) is 1. The van der Waals surface area contributed by atoms with Crippen molar-refractivity contribution in [3.63, 3.8) is 0 Å². The lowest BCUT2D eigenvalue weighted by molar-refractivity contribution is -0.125. The van der Waals surface area contributed by atoms with Gasteiger partial charge in [-0.05, 0) is 29.0 Å². The minimum Gasteiger partial charge on any atom is -0.330 e. The lowest BCUT2D eigenvalue weighted by Gasteiger charge is -2.50. The average molecular weight is 450 g/mol. The highest BCUT2D eigenvalue weighted by Crippen LogP contribution is 2.79. The monoisotopic (exact) mass is 449 g/mol. The molecule has 0 amide bonds. The second-order valence-electron chi connectivity index (χ2n) is 10.5. The molecule has 172 valence electrons. The van der Waals surface area contributed by atoms with Gasteiger partial charge in [-0.15, -0.1) is 0 Å². The number of Topliss-reactive ketones (excluding diaryl/α,β-unsaturated/α-hetero) is 2. The standard InChI is InChI=1S/C31H31NO2/c1-28(2)29(3)20-30(24-17-11-6-12-18-24,26(33)23-15-9-5-10-16-23)31(28,21-32)25(27(29)34)19-22-13-7-4-8-14-22/h4-19H,20-21,32H2,1-3H3. The third-order valence-electron chi connectivity index (χ3n) is 9.11. The summed E-state index contributed by atoms with van der Waals surface area (Å²) in [5.41, 5.74) is 6.84. The van der Waals surface area contributed by atoms with Gasteiger partial charge in [-0.3, -0.25) is 9.59 Å². The van der Waals surface area contributed by atoms with Gasteiger partial charge in [0.1, 0.15) is 0 Å². The topological polar surface area (TPSA) is 60.2 Å². The fourth-order valence-corrected chi connectivity index (χ4v) is 7.08. The Bertz CT molecular complexity index is 1280. The van der Waals surface area contributed by atoms with Crippen molar-refractivity contribution >= 4 is 17.6 Å². The van der Waals surface area contributed by atoms with Crippen LogP contribution in [0.1, 0.15) is 48.7 Å². The van der Waals surface area contributed by atoms with Gasteiger partial charge in [0.25, 0.3) is 0 Å². The third kappa shape index (κ3) is 2.56. The molecule has 3 aromatic carbocycles. The minimum absolute atomic E-state index is 0.0352. The maximum Gasteiger partial charge on any atom is 0.174 e. The normalized spacial score (nSPS) is 30.6. The number of carbonyl (C=O) groups excluding carboxylic acids is 2. The van der Waals surface area contributed by atoms with Crippen molar-refractivity contribution in [1.29, 1.82) is 0 Å². The molecule has 0 aliphatic heterocycles. The van der Waals surface area contributed by atoms with E-state index in [0.717, 1.165) is 11.1 Å². The van der Waals surface area contributed by atoms with Gasteiger partial charge < -0.3 is 5.73 Å². The van der Waals surface area contributed by atoms with E-state index in [0.29, 0.717) is 17.6 Å². The molecule has 2 saturated carbocycles. The van der Waals surface area contributed by atoms with E-state index < -0.39 is 21.7 Å². The smallest absolute Gasteiger partial charge is 0.174 e. The zero-order valence-corrected chi connectivity index (χ0v) is 20.0. The predicted molar refractivity (Wildman–Crippen MR) is 136 cm³/mol. The molecule has 5 rings (SSSR count). The molecule has 2 aliphatic carbocycles. The Morgan fingerprint density at radius 1 is 0.853 bits per heavy atom. The molecule has 3 unspecified atom stereocenters. The Labute approximate surface area is 201 Å². The second-order valence-corrected chi connectivity index (χ2v) is 10.5. The van der Waals surface area contributed by atoms with E-state index in [1.807, 2.05) is 104 Å². The quantitative estimate of drug-likeness (QED) is 0.392. The molecule has 2 bridgehead atoms. The number of nitrogens with two attached hydrogens (primary N) is 1. The summed E-state index contributed by atoms with van der Waals surface area (Å²) in [6.07, 6.45) is 2.42. The molecule has 3 atom stereocenters. The van der Waals surface area contributed by atoms with Gasteiger partial charge in [-0.25, -0.2) is 0 Å². The molecule has 0 spiro atoms. The van der Waals surface area contributed by atoms with Crippen LogP contribution >= 0.6 is 0 Å². The van der Waals surface area contributed by atoms with Crippen LogP contribution in [0.5, 0.6) is 0 Å². The van der Waals surface area contributed by atoms with Crippen LogP contribution < -0.4 is 5.73 Å². The molecule has 3 aromatic rings. The van der Waals surface area contributed by atoms with Crippen molar-refractivity contribution in [1.82, 2.24) is 0 Å². The maximum absolute atomic E-state index is 14.7. The summed E-state index contributed by atoms with van der Waals surface area (Å²) < 4.78 is 0. The van der Waals surface area contributed by atoms with Crippen LogP contribution in [0, 0.1) is 16.2 Å². The zero-order chi connectivity index (χ0) is 24.2. The molecular weight excluding hydrogens is 418 g/mol. The number of ketones is 2. The SMILES string of the molecule is CC12CC(C(=O)c3ccccc3)(c3ccccc3)C(CN)(C(=Cc3ccccc3)C1=O)C2(C)C. The highest BCUT2D eigenvalue weighted by molar-refractivity contribution is 6.16. The van der Waals surface area contributed by atoms with E-state index in [4.69, 9.17) is 5.73 Å². The summed E-state index contributed by atoms with van der Waals surface area (Å²) in [5, 5.41) is 0. The van der Waals surface area contributed by atoms with Crippen LogP contribution in [0.15, 0.2) is 96.6 Å². The minimum atomic E-state index is -0.961. The number of rotatable bonds is 5. The number of benzene rings is 3. The van der Waals surface area contributed by atoms with Gasteiger partial charge in [-0.1, -0.05) is 112 Å². The van der Waals surface area contributed by atoms with Crippen molar-refractivity contribution < 1.29 is 9.59 Å². The van der Waals surface area contributed by atoms with Gasteiger partial charge in [0.2, 0.25) is 0 Å². The largest absolute Gasteiger partial charge is 0.330 e. The summed E-state index contributed by atoms with van der Waals surface area (Å²) in [4.78, 5) is 28.8. The Kier molecular flexibility index (Phi) is 5.03. The first-order valence-electron chi connectivity index (χ1n) is 11.9. The van der Waals surface area contributed by atoms with E-state index in [1.165, 1.54) is 0 Å². The number of fused-ring (bicyclic) bond motifs is 2. The van der Waals surface area contributed by atoms with Crippen LogP contribution in [0.2, 0.25) is 0 Å². The molecule has 34 heavy (non-hydrogen) atoms. The van der Waals surface area contributed by atoms with Gasteiger partial charge in [0, 0.05) is 28.5 Å². The third-order valence-corrected chi connectivity index (χ3v) is 9.11. The molecular formula is C31H31NO2. The Morgan fingerprint density at radius 3 is 1.94 bits per heavy atom. The van der Waals surface area contributed by atoms with Crippen molar-refractivity contribution in [2.45, 2.75) is 32.6 Å². The number of hydrogen-bond acceptors (Lipinski definition) is 3. The maximum atomic E-state index is 14.7. The first-order valence-corrected chi connectivity index (χ1v) is 11.9. The predicted octanol–water partition coefficient (Wildman–Crippen LogP) is 5.85. The van der Waals surface area contributed by atoms with Gasteiger partial charge in [0.15, 0.2) is 11.6 Å². The average Bonchev–Trinajstić information content (AvgIpc) is 3.11. The molecule has 2 N–H and O–H groups in total. The fraction of sp³-hybridized carbons (Fsp3) is 0.290. The second kappa shape index (κ2) is 7.61. The number of carbonyl (C=O) groups is 2. The van der Waals surface area contributed by atoms with Crippen LogP contribution in [0.3, 0.4) is 0 Å². The van der Waals surface area contributed by atoms with Crippen molar-refractivity contribution in [3.8, 4) is 0 Å². The zero-order valence-electron chi connectivity index (χ0n) is 20.0. The molecule has 3 heteroatoms. The molecule has 2 fully saturated rings. The van der Waals surface area contributed by atoms with E-state index in [2.05, 4.69) is 13.8 Å². The summed E-state index contributed by atoms with van der Waals surface area (Å²) in [7, 11) is 0. The van der Waals surface area contributed by atoms with Crippen molar-refractivity contribution in [2.75, 3.05) is 6.54 Å². The van der Waals surface area contributed by atoms with E-state index >= 15 is 0 Å². The van der Waals surface area contributed by atoms with Gasteiger partial charge >= 0.3 is 0 Å². The van der Waals surface area contributed by atoms with Gasteiger partial charge in [-0.2, -0.15) is 0 Å². The van der Waals surface area contributed by atoms with Crippen LogP contribution in [0.4, 0.5) is 0 Å². The van der Waals surface area contributed by atoms with Crippen molar-refractivity contribution in [3.05, 3.63) is 113 Å². The molecule has 2 aliphatic rings. The lowest BCUT2D eigenvalue weighted by Crippen LogP contribution is -2.57. The fourth-order valence-electron chi connectivity index (χ4n) is 7.08. The van der Waals surface area contributed by atoms with Crippen LogP contribution in [0.25, 0.3) is 6.08 Å². The van der Waals surface area contributed by atoms with Crippen LogP contribution in [-0.4, -0.2) is 18.1 Å². The first-order chi connectivity index (χ1) is 16.3. The van der Waals surface area contributed by atoms with E-state index in [-0.39, 0.29) is 18.1 Å².